The summed E-state index contributed by atoms with van der Waals surface area (Å²) in [5, 5.41) is 21.2. The molecule has 49 heavy (non-hydrogen) atoms. The predicted octanol–water partition coefficient (Wildman–Crippen LogP) is 8.66. The van der Waals surface area contributed by atoms with Crippen LogP contribution >= 0.6 is 15.9 Å². The number of anilines is 2. The maximum atomic E-state index is 13.7. The number of rotatable bonds is 12. The lowest BCUT2D eigenvalue weighted by atomic mass is 9.97. The monoisotopic (exact) mass is 733 g/mol. The van der Waals surface area contributed by atoms with Gasteiger partial charge in [0.25, 0.3) is 5.91 Å². The van der Waals surface area contributed by atoms with Crippen molar-refractivity contribution in [3.8, 4) is 11.4 Å². The Morgan fingerprint density at radius 1 is 0.898 bits per heavy atom. The van der Waals surface area contributed by atoms with Crippen molar-refractivity contribution < 1.29 is 32.6 Å². The Hall–Kier alpha value is -5.14. The summed E-state index contributed by atoms with van der Waals surface area (Å²) in [5.74, 6) is 0.435. The van der Waals surface area contributed by atoms with E-state index in [2.05, 4.69) is 37.0 Å². The fourth-order valence-electron chi connectivity index (χ4n) is 5.29. The molecule has 0 bridgehead atoms. The Bertz CT molecular complexity index is 1960. The number of aromatic nitrogens is 2. The lowest BCUT2D eigenvalue weighted by Crippen LogP contribution is -2.25. The standard InChI is InChI=1S/C36H31BrF3N5O4/c37-29-17-25(14-15-31(29)49-21-23-6-2-1-3-7-23)33(41-20-22-12-13-22)24-8-4-9-26(16-24)42-34(46)30-19-32(36(38,39)40)44-45(30)28-11-5-10-27(18-28)43-35(47)48/h1-11,14-19,22,33,41,43H,12-13,20-21H2,(H,42,46)(H,47,48). The first-order valence-corrected chi connectivity index (χ1v) is 16.2. The molecule has 9 nitrogen and oxygen atoms in total. The number of hydrogen-bond acceptors (Lipinski definition) is 5. The molecular weight excluding hydrogens is 703 g/mol. The molecule has 13 heteroatoms. The van der Waals surface area contributed by atoms with E-state index >= 15 is 0 Å². The van der Waals surface area contributed by atoms with E-state index in [1.165, 1.54) is 24.3 Å². The van der Waals surface area contributed by atoms with Gasteiger partial charge < -0.3 is 20.5 Å². The van der Waals surface area contributed by atoms with Crippen LogP contribution in [0, 0.1) is 5.92 Å². The number of carboxylic acid groups (broad SMARTS) is 1. The van der Waals surface area contributed by atoms with Crippen molar-refractivity contribution in [3.05, 3.63) is 136 Å². The van der Waals surface area contributed by atoms with Gasteiger partial charge in [0.2, 0.25) is 0 Å². The van der Waals surface area contributed by atoms with Crippen LogP contribution in [0.1, 0.15) is 51.8 Å². The molecule has 1 atom stereocenters. The maximum absolute atomic E-state index is 13.7. The lowest BCUT2D eigenvalue weighted by Gasteiger charge is -2.22. The summed E-state index contributed by atoms with van der Waals surface area (Å²) >= 11 is 3.65. The smallest absolute Gasteiger partial charge is 0.435 e. The fraction of sp³-hybridized carbons (Fsp3) is 0.194. The number of hydrogen-bond donors (Lipinski definition) is 4. The van der Waals surface area contributed by atoms with Crippen LogP contribution in [-0.2, 0) is 12.8 Å². The SMILES string of the molecule is O=C(O)Nc1cccc(-n2nc(C(F)(F)F)cc2C(=O)Nc2cccc(C(NCC3CC3)c3ccc(OCc4ccccc4)c(Br)c3)c2)c1. The molecule has 1 heterocycles. The van der Waals surface area contributed by atoms with E-state index < -0.39 is 23.9 Å². The molecule has 1 fully saturated rings. The first-order valence-electron chi connectivity index (χ1n) is 15.4. The normalized spacial score (nSPS) is 13.5. The summed E-state index contributed by atoms with van der Waals surface area (Å²) in [5.41, 5.74) is 1.70. The van der Waals surface area contributed by atoms with Crippen LogP contribution in [0.5, 0.6) is 5.75 Å². The molecular formula is C36H31BrF3N5O4. The third kappa shape index (κ3) is 8.67. The number of carbonyl (C=O) groups excluding carboxylic acids is 1. The molecule has 0 spiro atoms. The van der Waals surface area contributed by atoms with Crippen LogP contribution in [-0.4, -0.2) is 33.4 Å². The summed E-state index contributed by atoms with van der Waals surface area (Å²) in [6.07, 6.45) is -3.88. The molecule has 1 aromatic heterocycles. The highest BCUT2D eigenvalue weighted by Gasteiger charge is 2.36. The van der Waals surface area contributed by atoms with Crippen LogP contribution in [0.2, 0.25) is 0 Å². The zero-order chi connectivity index (χ0) is 34.5. The van der Waals surface area contributed by atoms with Crippen molar-refractivity contribution >= 4 is 39.3 Å². The summed E-state index contributed by atoms with van der Waals surface area (Å²) in [7, 11) is 0. The zero-order valence-electron chi connectivity index (χ0n) is 25.9. The van der Waals surface area contributed by atoms with Gasteiger partial charge in [0.1, 0.15) is 18.1 Å². The minimum Gasteiger partial charge on any atom is -0.488 e. The number of nitrogens with one attached hydrogen (secondary N) is 3. The van der Waals surface area contributed by atoms with Crippen LogP contribution in [0.4, 0.5) is 29.3 Å². The van der Waals surface area contributed by atoms with E-state index in [0.717, 1.165) is 45.2 Å². The second kappa shape index (κ2) is 14.5. The van der Waals surface area contributed by atoms with Crippen molar-refractivity contribution in [2.75, 3.05) is 17.2 Å². The van der Waals surface area contributed by atoms with Crippen molar-refractivity contribution in [2.24, 2.45) is 5.92 Å². The second-order valence-corrected chi connectivity index (χ2v) is 12.5. The molecule has 5 aromatic rings. The van der Waals surface area contributed by atoms with E-state index in [1.807, 2.05) is 54.6 Å². The molecule has 6 rings (SSSR count). The lowest BCUT2D eigenvalue weighted by molar-refractivity contribution is -0.141. The van der Waals surface area contributed by atoms with Crippen molar-refractivity contribution in [1.82, 2.24) is 15.1 Å². The van der Waals surface area contributed by atoms with Gasteiger partial charge in [-0.25, -0.2) is 9.48 Å². The van der Waals surface area contributed by atoms with Gasteiger partial charge in [-0.05, 0) is 100 Å². The minimum absolute atomic E-state index is 0.0618. The molecule has 1 aliphatic carbocycles. The average molecular weight is 735 g/mol. The van der Waals surface area contributed by atoms with Crippen molar-refractivity contribution in [3.63, 3.8) is 0 Å². The van der Waals surface area contributed by atoms with E-state index in [-0.39, 0.29) is 23.1 Å². The first-order chi connectivity index (χ1) is 23.5. The third-order valence-corrected chi connectivity index (χ3v) is 8.51. The zero-order valence-corrected chi connectivity index (χ0v) is 27.5. The van der Waals surface area contributed by atoms with Gasteiger partial charge in [-0.3, -0.25) is 10.1 Å². The van der Waals surface area contributed by atoms with Gasteiger partial charge in [0, 0.05) is 17.4 Å². The van der Waals surface area contributed by atoms with Crippen LogP contribution in [0.25, 0.3) is 5.69 Å². The largest absolute Gasteiger partial charge is 0.488 e. The molecule has 0 aliphatic heterocycles. The molecule has 1 saturated carbocycles. The van der Waals surface area contributed by atoms with E-state index in [0.29, 0.717) is 30.0 Å². The molecule has 1 unspecified atom stereocenters. The minimum atomic E-state index is -4.83. The van der Waals surface area contributed by atoms with Crippen LogP contribution in [0.15, 0.2) is 108 Å². The number of alkyl halides is 3. The quantitative estimate of drug-likeness (QED) is 0.102. The summed E-state index contributed by atoms with van der Waals surface area (Å²) in [4.78, 5) is 24.7. The van der Waals surface area contributed by atoms with Gasteiger partial charge in [-0.2, -0.15) is 18.3 Å². The fourth-order valence-corrected chi connectivity index (χ4v) is 5.80. The second-order valence-electron chi connectivity index (χ2n) is 11.6. The number of carbonyl (C=O) groups is 2. The molecule has 4 aromatic carbocycles. The van der Waals surface area contributed by atoms with Gasteiger partial charge >= 0.3 is 12.3 Å². The summed E-state index contributed by atoms with van der Waals surface area (Å²) in [6.45, 7) is 1.21. The van der Waals surface area contributed by atoms with E-state index in [4.69, 9.17) is 9.84 Å². The number of nitrogens with zero attached hydrogens (tertiary/aromatic N) is 2. The number of halogens is 4. The Kier molecular flexibility index (Phi) is 10.0. The Labute approximate surface area is 288 Å². The van der Waals surface area contributed by atoms with E-state index in [1.54, 1.807) is 18.2 Å². The van der Waals surface area contributed by atoms with Gasteiger partial charge in [-0.15, -0.1) is 0 Å². The highest BCUT2D eigenvalue weighted by Crippen LogP contribution is 2.35. The van der Waals surface area contributed by atoms with Gasteiger partial charge in [-0.1, -0.05) is 54.6 Å². The van der Waals surface area contributed by atoms with Gasteiger partial charge in [0.05, 0.1) is 16.2 Å². The molecule has 0 radical (unpaired) electrons. The first kappa shape index (κ1) is 33.7. The Morgan fingerprint density at radius 3 is 2.31 bits per heavy atom. The van der Waals surface area contributed by atoms with Crippen LogP contribution in [0.3, 0.4) is 0 Å². The Morgan fingerprint density at radius 2 is 1.61 bits per heavy atom. The molecule has 252 valence electrons. The average Bonchev–Trinajstić information content (AvgIpc) is 3.78. The molecule has 1 aliphatic rings. The highest BCUT2D eigenvalue weighted by molar-refractivity contribution is 9.10. The predicted molar refractivity (Wildman–Crippen MR) is 182 cm³/mol. The summed E-state index contributed by atoms with van der Waals surface area (Å²) < 4.78 is 48.9. The highest BCUT2D eigenvalue weighted by atomic mass is 79.9. The number of ether oxygens (including phenoxy) is 1. The Balaban J connectivity index is 1.26. The van der Waals surface area contributed by atoms with Gasteiger partial charge in [0.15, 0.2) is 5.69 Å². The number of benzene rings is 4. The summed E-state index contributed by atoms with van der Waals surface area (Å²) in [6, 6.07) is 28.8. The van der Waals surface area contributed by atoms with Crippen molar-refractivity contribution in [1.29, 1.82) is 0 Å². The molecule has 2 amide bonds. The van der Waals surface area contributed by atoms with E-state index in [9.17, 15) is 22.8 Å². The third-order valence-electron chi connectivity index (χ3n) is 7.89. The topological polar surface area (TPSA) is 118 Å². The molecule has 4 N–H and O–H groups in total. The number of amides is 2. The maximum Gasteiger partial charge on any atom is 0.435 e. The van der Waals surface area contributed by atoms with Crippen LogP contribution < -0.4 is 20.7 Å². The van der Waals surface area contributed by atoms with Crippen molar-refractivity contribution in [2.45, 2.75) is 31.7 Å². The molecule has 0 saturated heterocycles.